The van der Waals surface area contributed by atoms with Crippen LogP contribution in [0.25, 0.3) is 0 Å². The maximum absolute atomic E-state index is 13.7. The van der Waals surface area contributed by atoms with Gasteiger partial charge in [-0.2, -0.15) is 0 Å². The van der Waals surface area contributed by atoms with Gasteiger partial charge in [0.05, 0.1) is 11.3 Å². The Kier molecular flexibility index (Phi) is 3.47. The Bertz CT molecular complexity index is 761. The lowest BCUT2D eigenvalue weighted by molar-refractivity contribution is -0.118. The van der Waals surface area contributed by atoms with Crippen LogP contribution in [-0.2, 0) is 4.79 Å². The van der Waals surface area contributed by atoms with Gasteiger partial charge in [0, 0.05) is 10.0 Å². The third-order valence-corrected chi connectivity index (χ3v) is 3.72. The second kappa shape index (κ2) is 5.29. The molecular weight excluding hydrogens is 341 g/mol. The number of halogens is 2. The molecule has 0 unspecified atom stereocenters. The minimum Gasteiger partial charge on any atom is -0.482 e. The topological polar surface area (TPSA) is 55.4 Å². The summed E-state index contributed by atoms with van der Waals surface area (Å²) < 4.78 is 19.5. The fourth-order valence-corrected chi connectivity index (χ4v) is 2.59. The Morgan fingerprint density at radius 1 is 1.24 bits per heavy atom. The summed E-state index contributed by atoms with van der Waals surface area (Å²) in [5, 5.41) is 2.64. The number of ether oxygens (including phenoxy) is 1. The van der Waals surface area contributed by atoms with Crippen LogP contribution < -0.4 is 10.1 Å². The normalized spacial score (nSPS) is 13.1. The van der Waals surface area contributed by atoms with Crippen molar-refractivity contribution in [2.75, 3.05) is 11.9 Å². The first-order valence-corrected chi connectivity index (χ1v) is 6.91. The molecule has 3 rings (SSSR count). The summed E-state index contributed by atoms with van der Waals surface area (Å²) in [5.41, 5.74) is 0.733. The van der Waals surface area contributed by atoms with Gasteiger partial charge in [0.25, 0.3) is 5.91 Å². The predicted octanol–water partition coefficient (Wildman–Crippen LogP) is 3.15. The minimum absolute atomic E-state index is 0.0157. The predicted molar refractivity (Wildman–Crippen MR) is 78.1 cm³/mol. The van der Waals surface area contributed by atoms with E-state index in [0.717, 1.165) is 0 Å². The molecule has 0 fully saturated rings. The highest BCUT2D eigenvalue weighted by molar-refractivity contribution is 9.10. The summed E-state index contributed by atoms with van der Waals surface area (Å²) in [6.45, 7) is -0.109. The van der Waals surface area contributed by atoms with Gasteiger partial charge in [-0.3, -0.25) is 9.59 Å². The molecule has 1 heterocycles. The average molecular weight is 350 g/mol. The average Bonchev–Trinajstić information content (AvgIpc) is 2.46. The first-order valence-electron chi connectivity index (χ1n) is 6.11. The van der Waals surface area contributed by atoms with E-state index in [4.69, 9.17) is 4.74 Å². The molecular formula is C15H9BrFNO3. The van der Waals surface area contributed by atoms with Gasteiger partial charge in [-0.15, -0.1) is 0 Å². The lowest BCUT2D eigenvalue weighted by atomic mass is 10.0. The van der Waals surface area contributed by atoms with Crippen LogP contribution in [0.5, 0.6) is 5.75 Å². The number of anilines is 1. The van der Waals surface area contributed by atoms with E-state index in [1.807, 2.05) is 0 Å². The third kappa shape index (κ3) is 2.54. The number of benzene rings is 2. The van der Waals surface area contributed by atoms with Crippen LogP contribution in [0.15, 0.2) is 40.9 Å². The molecule has 0 aromatic heterocycles. The van der Waals surface area contributed by atoms with Gasteiger partial charge in [0.2, 0.25) is 0 Å². The SMILES string of the molecule is O=C1COc2cc(C(=O)c3ccccc3F)c(Br)cc2N1. The number of ketones is 1. The highest BCUT2D eigenvalue weighted by atomic mass is 79.9. The number of hydrogen-bond acceptors (Lipinski definition) is 3. The Morgan fingerprint density at radius 3 is 2.76 bits per heavy atom. The number of hydrogen-bond donors (Lipinski definition) is 1. The molecule has 0 aliphatic carbocycles. The van der Waals surface area contributed by atoms with Crippen molar-refractivity contribution in [1.82, 2.24) is 0 Å². The molecule has 1 aliphatic rings. The van der Waals surface area contributed by atoms with Gasteiger partial charge in [0.1, 0.15) is 11.6 Å². The van der Waals surface area contributed by atoms with Gasteiger partial charge in [0.15, 0.2) is 12.4 Å². The fourth-order valence-electron chi connectivity index (χ4n) is 2.06. The van der Waals surface area contributed by atoms with E-state index in [9.17, 15) is 14.0 Å². The van der Waals surface area contributed by atoms with Gasteiger partial charge in [-0.25, -0.2) is 4.39 Å². The van der Waals surface area contributed by atoms with E-state index in [1.165, 1.54) is 24.3 Å². The Balaban J connectivity index is 2.05. The summed E-state index contributed by atoms with van der Waals surface area (Å²) in [6.07, 6.45) is 0. The lowest BCUT2D eigenvalue weighted by Crippen LogP contribution is -2.25. The van der Waals surface area contributed by atoms with Crippen LogP contribution in [-0.4, -0.2) is 18.3 Å². The summed E-state index contributed by atoms with van der Waals surface area (Å²) >= 11 is 3.27. The molecule has 0 radical (unpaired) electrons. The third-order valence-electron chi connectivity index (χ3n) is 3.07. The highest BCUT2D eigenvalue weighted by Gasteiger charge is 2.22. The standard InChI is InChI=1S/C15H9BrFNO3/c16-10-6-12-13(21-7-14(19)18-12)5-9(10)15(20)8-3-1-2-4-11(8)17/h1-6H,7H2,(H,18,19). The van der Waals surface area contributed by atoms with Crippen molar-refractivity contribution in [1.29, 1.82) is 0 Å². The summed E-state index contributed by atoms with van der Waals surface area (Å²) in [4.78, 5) is 23.7. The lowest BCUT2D eigenvalue weighted by Gasteiger charge is -2.19. The van der Waals surface area contributed by atoms with Gasteiger partial charge >= 0.3 is 0 Å². The molecule has 1 amide bonds. The zero-order chi connectivity index (χ0) is 15.0. The summed E-state index contributed by atoms with van der Waals surface area (Å²) in [5.74, 6) is -0.912. The number of rotatable bonds is 2. The molecule has 1 aliphatic heterocycles. The van der Waals surface area contributed by atoms with Crippen molar-refractivity contribution < 1.29 is 18.7 Å². The maximum atomic E-state index is 13.7. The molecule has 4 nitrogen and oxygen atoms in total. The smallest absolute Gasteiger partial charge is 0.262 e. The first-order chi connectivity index (χ1) is 10.1. The van der Waals surface area contributed by atoms with Crippen LogP contribution in [0.1, 0.15) is 15.9 Å². The van der Waals surface area contributed by atoms with E-state index < -0.39 is 11.6 Å². The number of fused-ring (bicyclic) bond motifs is 1. The molecule has 21 heavy (non-hydrogen) atoms. The van der Waals surface area contributed by atoms with Crippen molar-refractivity contribution in [2.24, 2.45) is 0 Å². The Morgan fingerprint density at radius 2 is 2.00 bits per heavy atom. The molecule has 6 heteroatoms. The van der Waals surface area contributed by atoms with Crippen molar-refractivity contribution >= 4 is 33.3 Å². The van der Waals surface area contributed by atoms with Crippen LogP contribution >= 0.6 is 15.9 Å². The van der Waals surface area contributed by atoms with Gasteiger partial charge in [-0.05, 0) is 40.2 Å². The van der Waals surface area contributed by atoms with Crippen LogP contribution in [0.2, 0.25) is 0 Å². The monoisotopic (exact) mass is 349 g/mol. The zero-order valence-corrected chi connectivity index (χ0v) is 12.2. The van der Waals surface area contributed by atoms with E-state index >= 15 is 0 Å². The van der Waals surface area contributed by atoms with E-state index in [1.54, 1.807) is 12.1 Å². The highest BCUT2D eigenvalue weighted by Crippen LogP contribution is 2.34. The quantitative estimate of drug-likeness (QED) is 0.847. The maximum Gasteiger partial charge on any atom is 0.262 e. The minimum atomic E-state index is -0.582. The fraction of sp³-hybridized carbons (Fsp3) is 0.0667. The van der Waals surface area contributed by atoms with Gasteiger partial charge < -0.3 is 10.1 Å². The molecule has 0 saturated heterocycles. The number of carbonyl (C=O) groups is 2. The molecule has 106 valence electrons. The Labute approximate surface area is 128 Å². The molecule has 2 aromatic rings. The largest absolute Gasteiger partial charge is 0.482 e. The second-order valence-electron chi connectivity index (χ2n) is 4.47. The molecule has 0 atom stereocenters. The van der Waals surface area contributed by atoms with Crippen LogP contribution in [0.3, 0.4) is 0 Å². The van der Waals surface area contributed by atoms with Crippen LogP contribution in [0.4, 0.5) is 10.1 Å². The van der Waals surface area contributed by atoms with Crippen LogP contribution in [0, 0.1) is 5.82 Å². The number of amides is 1. The summed E-state index contributed by atoms with van der Waals surface area (Å²) in [7, 11) is 0. The Hall–Kier alpha value is -2.21. The molecule has 0 bridgehead atoms. The molecule has 2 aromatic carbocycles. The zero-order valence-electron chi connectivity index (χ0n) is 10.7. The van der Waals surface area contributed by atoms with Crippen molar-refractivity contribution in [3.05, 3.63) is 57.8 Å². The summed E-state index contributed by atoms with van der Waals surface area (Å²) in [6, 6.07) is 8.84. The van der Waals surface area contributed by atoms with E-state index in [-0.39, 0.29) is 23.6 Å². The van der Waals surface area contributed by atoms with Gasteiger partial charge in [-0.1, -0.05) is 12.1 Å². The number of carbonyl (C=O) groups excluding carboxylic acids is 2. The molecule has 1 N–H and O–H groups in total. The number of nitrogens with one attached hydrogen (secondary N) is 1. The van der Waals surface area contributed by atoms with Crippen molar-refractivity contribution in [2.45, 2.75) is 0 Å². The van der Waals surface area contributed by atoms with Crippen molar-refractivity contribution in [3.63, 3.8) is 0 Å². The molecule has 0 spiro atoms. The van der Waals surface area contributed by atoms with Crippen molar-refractivity contribution in [3.8, 4) is 5.75 Å². The van der Waals surface area contributed by atoms with E-state index in [0.29, 0.717) is 15.9 Å². The molecule has 0 saturated carbocycles. The first kappa shape index (κ1) is 13.8. The van der Waals surface area contributed by atoms with E-state index in [2.05, 4.69) is 21.2 Å². The second-order valence-corrected chi connectivity index (χ2v) is 5.33.